The van der Waals surface area contributed by atoms with E-state index in [1.165, 1.54) is 0 Å². The molecule has 0 aliphatic carbocycles. The van der Waals surface area contributed by atoms with Crippen LogP contribution >= 0.6 is 27.7 Å². The number of hydrogen-bond acceptors (Lipinski definition) is 2. The molecule has 1 atom stereocenters. The number of rotatable bonds is 1. The minimum Gasteiger partial charge on any atom is -0.323 e. The van der Waals surface area contributed by atoms with Crippen molar-refractivity contribution < 1.29 is 4.79 Å². The average Bonchev–Trinajstić information content (AvgIpc) is 2.40. The van der Waals surface area contributed by atoms with Gasteiger partial charge < -0.3 is 5.32 Å². The van der Waals surface area contributed by atoms with E-state index in [1.807, 2.05) is 48.5 Å². The monoisotopic (exact) mass is 319 g/mol. The average molecular weight is 320 g/mol. The van der Waals surface area contributed by atoms with Crippen LogP contribution < -0.4 is 5.32 Å². The molecule has 1 amide bonds. The minimum absolute atomic E-state index is 0.0330. The molecule has 1 aliphatic rings. The number of fused-ring (bicyclic) bond motifs is 1. The number of nitrogens with one attached hydrogen (secondary N) is 1. The van der Waals surface area contributed by atoms with Crippen molar-refractivity contribution in [2.45, 2.75) is 10.1 Å². The molecule has 4 heteroatoms. The number of anilines is 1. The molecule has 0 spiro atoms. The van der Waals surface area contributed by atoms with E-state index >= 15 is 0 Å². The van der Waals surface area contributed by atoms with E-state index in [2.05, 4.69) is 21.2 Å². The Balaban J connectivity index is 2.00. The summed E-state index contributed by atoms with van der Waals surface area (Å²) in [6.45, 7) is 0. The Morgan fingerprint density at radius 2 is 1.83 bits per heavy atom. The van der Waals surface area contributed by atoms with Gasteiger partial charge in [-0.25, -0.2) is 0 Å². The van der Waals surface area contributed by atoms with E-state index in [4.69, 9.17) is 0 Å². The second kappa shape index (κ2) is 4.78. The van der Waals surface area contributed by atoms with E-state index in [9.17, 15) is 4.79 Å². The Labute approximate surface area is 118 Å². The number of thioether (sulfide) groups is 1. The molecule has 1 N–H and O–H groups in total. The normalized spacial score (nSPS) is 18.1. The molecule has 1 unspecified atom stereocenters. The molecule has 1 heterocycles. The van der Waals surface area contributed by atoms with Gasteiger partial charge in [-0.2, -0.15) is 0 Å². The maximum Gasteiger partial charge on any atom is 0.242 e. The van der Waals surface area contributed by atoms with Crippen LogP contribution in [0.15, 0.2) is 57.9 Å². The van der Waals surface area contributed by atoms with Crippen molar-refractivity contribution in [2.75, 3.05) is 5.32 Å². The first-order chi connectivity index (χ1) is 8.75. The molecule has 2 nitrogen and oxygen atoms in total. The van der Waals surface area contributed by atoms with Crippen LogP contribution in [0.5, 0.6) is 0 Å². The molecule has 0 fully saturated rings. The highest BCUT2D eigenvalue weighted by Crippen LogP contribution is 2.45. The van der Waals surface area contributed by atoms with Gasteiger partial charge in [-0.05, 0) is 33.6 Å². The van der Waals surface area contributed by atoms with Crippen molar-refractivity contribution >= 4 is 39.3 Å². The Bertz CT molecular complexity index is 600. The van der Waals surface area contributed by atoms with E-state index in [1.54, 1.807) is 11.8 Å². The predicted octanol–water partition coefficient (Wildman–Crippen LogP) is 4.23. The number of hydrogen-bond donors (Lipinski definition) is 1. The van der Waals surface area contributed by atoms with Crippen molar-refractivity contribution in [3.63, 3.8) is 0 Å². The highest BCUT2D eigenvalue weighted by atomic mass is 79.9. The zero-order valence-electron chi connectivity index (χ0n) is 9.39. The van der Waals surface area contributed by atoms with Crippen LogP contribution in [-0.2, 0) is 4.79 Å². The lowest BCUT2D eigenvalue weighted by Crippen LogP contribution is -2.23. The van der Waals surface area contributed by atoms with Crippen LogP contribution in [0.3, 0.4) is 0 Å². The molecule has 0 radical (unpaired) electrons. The maximum atomic E-state index is 12.2. The van der Waals surface area contributed by atoms with Gasteiger partial charge in [0.1, 0.15) is 5.25 Å². The van der Waals surface area contributed by atoms with Crippen LogP contribution in [0.1, 0.15) is 10.8 Å². The molecular weight excluding hydrogens is 310 g/mol. The molecule has 0 bridgehead atoms. The van der Waals surface area contributed by atoms with Crippen LogP contribution in [-0.4, -0.2) is 5.91 Å². The van der Waals surface area contributed by atoms with Crippen LogP contribution in [0, 0.1) is 0 Å². The summed E-state index contributed by atoms with van der Waals surface area (Å²) in [6.07, 6.45) is 0. The fraction of sp³-hybridized carbons (Fsp3) is 0.0714. The highest BCUT2D eigenvalue weighted by Gasteiger charge is 2.29. The molecule has 18 heavy (non-hydrogen) atoms. The number of para-hydroxylation sites is 1. The molecule has 90 valence electrons. The molecule has 0 saturated heterocycles. The fourth-order valence-corrected chi connectivity index (χ4v) is 3.69. The molecule has 0 aromatic heterocycles. The van der Waals surface area contributed by atoms with E-state index in [-0.39, 0.29) is 11.2 Å². The Hall–Kier alpha value is -1.26. The highest BCUT2D eigenvalue weighted by molar-refractivity contribution is 9.10. The molecule has 1 aliphatic heterocycles. The van der Waals surface area contributed by atoms with Gasteiger partial charge in [-0.15, -0.1) is 11.8 Å². The molecule has 2 aromatic carbocycles. The number of benzene rings is 2. The van der Waals surface area contributed by atoms with Crippen molar-refractivity contribution in [2.24, 2.45) is 0 Å². The summed E-state index contributed by atoms with van der Waals surface area (Å²) in [4.78, 5) is 13.3. The standard InChI is InChI=1S/C14H10BrNOS/c15-10-7-4-8-11-12(10)16-14(17)13(18-11)9-5-2-1-3-6-9/h1-8,13H,(H,16,17). The third-order valence-electron chi connectivity index (χ3n) is 2.81. The zero-order chi connectivity index (χ0) is 12.5. The fourth-order valence-electron chi connectivity index (χ4n) is 1.94. The van der Waals surface area contributed by atoms with Crippen molar-refractivity contribution in [1.29, 1.82) is 0 Å². The first kappa shape index (κ1) is 11.8. The molecular formula is C14H10BrNOS. The summed E-state index contributed by atoms with van der Waals surface area (Å²) in [5.74, 6) is 0.0330. The van der Waals surface area contributed by atoms with Gasteiger partial charge in [0.25, 0.3) is 0 Å². The first-order valence-electron chi connectivity index (χ1n) is 5.56. The second-order valence-corrected chi connectivity index (χ2v) is 6.01. The summed E-state index contributed by atoms with van der Waals surface area (Å²) in [7, 11) is 0. The first-order valence-corrected chi connectivity index (χ1v) is 7.24. The van der Waals surface area contributed by atoms with Crippen molar-refractivity contribution in [3.8, 4) is 0 Å². The third-order valence-corrected chi connectivity index (χ3v) is 4.79. The minimum atomic E-state index is -0.173. The summed E-state index contributed by atoms with van der Waals surface area (Å²) in [5, 5.41) is 2.80. The predicted molar refractivity (Wildman–Crippen MR) is 77.8 cm³/mol. The van der Waals surface area contributed by atoms with Crippen LogP contribution in [0.25, 0.3) is 0 Å². The summed E-state index contributed by atoms with van der Waals surface area (Å²) in [5.41, 5.74) is 1.91. The lowest BCUT2D eigenvalue weighted by Gasteiger charge is -2.25. The summed E-state index contributed by atoms with van der Waals surface area (Å²) in [6, 6.07) is 15.8. The quantitative estimate of drug-likeness (QED) is 0.852. The summed E-state index contributed by atoms with van der Waals surface area (Å²) < 4.78 is 0.923. The Morgan fingerprint density at radius 1 is 1.06 bits per heavy atom. The largest absolute Gasteiger partial charge is 0.323 e. The van der Waals surface area contributed by atoms with Gasteiger partial charge in [0, 0.05) is 9.37 Å². The summed E-state index contributed by atoms with van der Waals surface area (Å²) >= 11 is 5.05. The number of carbonyl (C=O) groups excluding carboxylic acids is 1. The second-order valence-electron chi connectivity index (χ2n) is 4.01. The lowest BCUT2D eigenvalue weighted by molar-refractivity contribution is -0.115. The van der Waals surface area contributed by atoms with Crippen molar-refractivity contribution in [1.82, 2.24) is 0 Å². The Morgan fingerprint density at radius 3 is 2.61 bits per heavy atom. The van der Waals surface area contributed by atoms with Crippen LogP contribution in [0.2, 0.25) is 0 Å². The molecule has 2 aromatic rings. The van der Waals surface area contributed by atoms with Gasteiger partial charge in [-0.1, -0.05) is 36.4 Å². The number of carbonyl (C=O) groups is 1. The third kappa shape index (κ3) is 2.06. The maximum absolute atomic E-state index is 12.2. The van der Waals surface area contributed by atoms with E-state index in [0.29, 0.717) is 0 Å². The van der Waals surface area contributed by atoms with Gasteiger partial charge >= 0.3 is 0 Å². The zero-order valence-corrected chi connectivity index (χ0v) is 11.8. The van der Waals surface area contributed by atoms with Crippen LogP contribution in [0.4, 0.5) is 5.69 Å². The van der Waals surface area contributed by atoms with Gasteiger partial charge in [-0.3, -0.25) is 4.79 Å². The van der Waals surface area contributed by atoms with Crippen molar-refractivity contribution in [3.05, 3.63) is 58.6 Å². The lowest BCUT2D eigenvalue weighted by atomic mass is 10.1. The van der Waals surface area contributed by atoms with E-state index < -0.39 is 0 Å². The molecule has 0 saturated carbocycles. The number of amides is 1. The van der Waals surface area contributed by atoms with Gasteiger partial charge in [0.15, 0.2) is 0 Å². The molecule has 3 rings (SSSR count). The topological polar surface area (TPSA) is 29.1 Å². The van der Waals surface area contributed by atoms with Gasteiger partial charge in [0.2, 0.25) is 5.91 Å². The van der Waals surface area contributed by atoms with Gasteiger partial charge in [0.05, 0.1) is 5.69 Å². The smallest absolute Gasteiger partial charge is 0.242 e. The number of halogens is 1. The SMILES string of the molecule is O=C1Nc2c(Br)cccc2SC1c1ccccc1. The Kier molecular flexibility index (Phi) is 3.14. The van der Waals surface area contributed by atoms with E-state index in [0.717, 1.165) is 20.6 Å².